The maximum absolute atomic E-state index is 12.8. The Labute approximate surface area is 175 Å². The molecular weight excluding hydrogens is 418 g/mol. The van der Waals surface area contributed by atoms with E-state index in [9.17, 15) is 24.5 Å². The number of nitro benzene ring substituents is 1. The van der Waals surface area contributed by atoms with Crippen LogP contribution >= 0.6 is 11.8 Å². The molecule has 2 aliphatic rings. The molecule has 0 spiro atoms. The summed E-state index contributed by atoms with van der Waals surface area (Å²) in [4.78, 5) is 48.0. The van der Waals surface area contributed by atoms with Crippen molar-refractivity contribution >= 4 is 35.3 Å². The van der Waals surface area contributed by atoms with Gasteiger partial charge in [0.05, 0.1) is 4.92 Å². The number of carbonyl (C=O) groups excluding carboxylic acids is 3. The number of rotatable bonds is 7. The van der Waals surface area contributed by atoms with Crippen LogP contribution in [0.15, 0.2) is 35.5 Å². The SMILES string of the molecule is CO[C@]1(N)C(=O)N2C(C(=O)OCc3ccc([N+](=O)[O-])cc3)=C(COC(C)=O)CS[C@@H]21. The smallest absolute Gasteiger partial charge is 0.355 e. The molecule has 0 aliphatic carbocycles. The van der Waals surface area contributed by atoms with Crippen molar-refractivity contribution in [2.24, 2.45) is 5.73 Å². The quantitative estimate of drug-likeness (QED) is 0.212. The second kappa shape index (κ2) is 8.42. The van der Waals surface area contributed by atoms with Crippen LogP contribution in [0.4, 0.5) is 5.69 Å². The van der Waals surface area contributed by atoms with Crippen molar-refractivity contribution in [1.29, 1.82) is 0 Å². The molecule has 1 saturated heterocycles. The number of benzene rings is 1. The first-order chi connectivity index (χ1) is 14.2. The Balaban J connectivity index is 1.80. The summed E-state index contributed by atoms with van der Waals surface area (Å²) in [5.74, 6) is -1.66. The summed E-state index contributed by atoms with van der Waals surface area (Å²) in [6.45, 7) is 0.890. The van der Waals surface area contributed by atoms with Gasteiger partial charge < -0.3 is 14.2 Å². The number of nitro groups is 1. The lowest BCUT2D eigenvalue weighted by molar-refractivity contribution is -0.384. The number of esters is 2. The zero-order valence-corrected chi connectivity index (χ0v) is 17.0. The number of nitrogens with zero attached hydrogens (tertiary/aromatic N) is 2. The van der Waals surface area contributed by atoms with Crippen molar-refractivity contribution in [3.05, 3.63) is 51.2 Å². The third-order valence-corrected chi connectivity index (χ3v) is 6.04. The van der Waals surface area contributed by atoms with Gasteiger partial charge in [0.2, 0.25) is 5.72 Å². The molecule has 1 aromatic rings. The van der Waals surface area contributed by atoms with E-state index in [1.165, 1.54) is 55.0 Å². The van der Waals surface area contributed by atoms with Crippen molar-refractivity contribution in [2.75, 3.05) is 19.5 Å². The minimum absolute atomic E-state index is 0.0370. The zero-order chi connectivity index (χ0) is 22.1. The van der Waals surface area contributed by atoms with Crippen molar-refractivity contribution < 1.29 is 33.5 Å². The highest BCUT2D eigenvalue weighted by atomic mass is 32.2. The van der Waals surface area contributed by atoms with Crippen molar-refractivity contribution in [2.45, 2.75) is 24.6 Å². The molecule has 2 N–H and O–H groups in total. The first-order valence-electron chi connectivity index (χ1n) is 8.74. The molecule has 1 aromatic carbocycles. The Morgan fingerprint density at radius 3 is 2.53 bits per heavy atom. The number of fused-ring (bicyclic) bond motifs is 1. The van der Waals surface area contributed by atoms with Gasteiger partial charge in [0, 0.05) is 37.5 Å². The second-order valence-corrected chi connectivity index (χ2v) is 7.64. The molecule has 160 valence electrons. The van der Waals surface area contributed by atoms with E-state index in [-0.39, 0.29) is 30.4 Å². The minimum Gasteiger partial charge on any atom is -0.461 e. The molecule has 3 rings (SSSR count). The summed E-state index contributed by atoms with van der Waals surface area (Å²) in [7, 11) is 1.31. The Kier molecular flexibility index (Phi) is 6.10. The van der Waals surface area contributed by atoms with E-state index in [1.54, 1.807) is 0 Å². The molecule has 2 aliphatic heterocycles. The highest BCUT2D eigenvalue weighted by molar-refractivity contribution is 8.00. The Morgan fingerprint density at radius 2 is 1.97 bits per heavy atom. The van der Waals surface area contributed by atoms with Gasteiger partial charge in [-0.15, -0.1) is 11.8 Å². The predicted molar refractivity (Wildman–Crippen MR) is 104 cm³/mol. The van der Waals surface area contributed by atoms with E-state index in [0.717, 1.165) is 0 Å². The van der Waals surface area contributed by atoms with Gasteiger partial charge in [-0.05, 0) is 17.7 Å². The third kappa shape index (κ3) is 3.88. The number of methoxy groups -OCH3 is 1. The van der Waals surface area contributed by atoms with Crippen LogP contribution in [-0.4, -0.2) is 58.2 Å². The monoisotopic (exact) mass is 437 g/mol. The predicted octanol–water partition coefficient (Wildman–Crippen LogP) is 0.672. The second-order valence-electron chi connectivity index (χ2n) is 6.57. The van der Waals surface area contributed by atoms with E-state index in [0.29, 0.717) is 11.1 Å². The zero-order valence-electron chi connectivity index (χ0n) is 16.2. The van der Waals surface area contributed by atoms with Gasteiger partial charge in [-0.25, -0.2) is 4.79 Å². The van der Waals surface area contributed by atoms with E-state index in [4.69, 9.17) is 19.9 Å². The lowest BCUT2D eigenvalue weighted by Gasteiger charge is -2.54. The Bertz CT molecular complexity index is 932. The van der Waals surface area contributed by atoms with Gasteiger partial charge in [-0.2, -0.15) is 0 Å². The standard InChI is InChI=1S/C18H19N3O8S/c1-10(22)28-8-12-9-30-17-18(19,27-2)16(24)20(17)14(12)15(23)29-7-11-3-5-13(6-4-11)21(25)26/h3-6,17H,7-9,19H2,1-2H3/t17-,18-/m1/s1. The normalized spacial score (nSPS) is 22.8. The third-order valence-electron chi connectivity index (χ3n) is 4.64. The maximum atomic E-state index is 12.8. The average molecular weight is 437 g/mol. The summed E-state index contributed by atoms with van der Waals surface area (Å²) in [5, 5.41) is 10.1. The fourth-order valence-electron chi connectivity index (χ4n) is 3.02. The number of ether oxygens (including phenoxy) is 3. The van der Waals surface area contributed by atoms with E-state index in [2.05, 4.69) is 0 Å². The highest BCUT2D eigenvalue weighted by Gasteiger charge is 2.63. The van der Waals surface area contributed by atoms with Crippen LogP contribution in [0.25, 0.3) is 0 Å². The lowest BCUT2D eigenvalue weighted by Crippen LogP contribution is -2.78. The number of β-lactam (4-membered cyclic amide) rings is 1. The summed E-state index contributed by atoms with van der Waals surface area (Å²) >= 11 is 1.28. The number of amides is 1. The molecule has 0 bridgehead atoms. The van der Waals surface area contributed by atoms with Crippen LogP contribution in [0, 0.1) is 10.1 Å². The molecule has 0 aromatic heterocycles. The number of non-ortho nitro benzene ring substituents is 1. The van der Waals surface area contributed by atoms with Crippen LogP contribution in [0.1, 0.15) is 12.5 Å². The molecule has 0 radical (unpaired) electrons. The fourth-order valence-corrected chi connectivity index (χ4v) is 4.40. The van der Waals surface area contributed by atoms with E-state index < -0.39 is 33.9 Å². The van der Waals surface area contributed by atoms with Gasteiger partial charge >= 0.3 is 11.9 Å². The first kappa shape index (κ1) is 21.7. The number of hydrogen-bond donors (Lipinski definition) is 1. The van der Waals surface area contributed by atoms with Crippen LogP contribution in [0.3, 0.4) is 0 Å². The molecule has 11 nitrogen and oxygen atoms in total. The fraction of sp³-hybridized carbons (Fsp3) is 0.389. The maximum Gasteiger partial charge on any atom is 0.355 e. The van der Waals surface area contributed by atoms with Gasteiger partial charge in [-0.3, -0.25) is 30.3 Å². The number of hydrogen-bond acceptors (Lipinski definition) is 10. The lowest BCUT2D eigenvalue weighted by atomic mass is 9.99. The number of carbonyl (C=O) groups is 3. The summed E-state index contributed by atoms with van der Waals surface area (Å²) < 4.78 is 15.4. The molecular formula is C18H19N3O8S. The molecule has 2 heterocycles. The number of nitrogens with two attached hydrogens (primary N) is 1. The summed E-state index contributed by atoms with van der Waals surface area (Å²) in [6.07, 6.45) is 0. The van der Waals surface area contributed by atoms with Crippen LogP contribution < -0.4 is 5.73 Å². The minimum atomic E-state index is -1.55. The largest absolute Gasteiger partial charge is 0.461 e. The van der Waals surface area contributed by atoms with Crippen molar-refractivity contribution in [3.63, 3.8) is 0 Å². The van der Waals surface area contributed by atoms with Gasteiger partial charge in [0.25, 0.3) is 11.6 Å². The molecule has 1 amide bonds. The van der Waals surface area contributed by atoms with Gasteiger partial charge in [0.1, 0.15) is 24.3 Å². The average Bonchev–Trinajstić information content (AvgIpc) is 2.74. The van der Waals surface area contributed by atoms with Crippen molar-refractivity contribution in [3.8, 4) is 0 Å². The van der Waals surface area contributed by atoms with Gasteiger partial charge in [-0.1, -0.05) is 0 Å². The molecule has 1 fully saturated rings. The number of thioether (sulfide) groups is 1. The topological polar surface area (TPSA) is 151 Å². The summed E-state index contributed by atoms with van der Waals surface area (Å²) in [5.41, 5.74) is 5.24. The van der Waals surface area contributed by atoms with Crippen LogP contribution in [0.2, 0.25) is 0 Å². The first-order valence-corrected chi connectivity index (χ1v) is 9.79. The van der Waals surface area contributed by atoms with E-state index >= 15 is 0 Å². The molecule has 12 heteroatoms. The van der Waals surface area contributed by atoms with Crippen molar-refractivity contribution in [1.82, 2.24) is 4.90 Å². The van der Waals surface area contributed by atoms with Crippen LogP contribution in [-0.2, 0) is 35.2 Å². The van der Waals surface area contributed by atoms with Crippen LogP contribution in [0.5, 0.6) is 0 Å². The van der Waals surface area contributed by atoms with E-state index in [1.807, 2.05) is 0 Å². The molecule has 2 atom stereocenters. The highest BCUT2D eigenvalue weighted by Crippen LogP contribution is 2.45. The Hall–Kier alpha value is -2.96. The summed E-state index contributed by atoms with van der Waals surface area (Å²) in [6, 6.07) is 5.51. The Morgan fingerprint density at radius 1 is 1.30 bits per heavy atom. The molecule has 0 saturated carbocycles. The molecule has 0 unspecified atom stereocenters. The van der Waals surface area contributed by atoms with Gasteiger partial charge in [0.15, 0.2) is 0 Å². The molecule has 30 heavy (non-hydrogen) atoms.